The van der Waals surface area contributed by atoms with Gasteiger partial charge >= 0.3 is 0 Å². The fourth-order valence-corrected chi connectivity index (χ4v) is 2.64. The van der Waals surface area contributed by atoms with E-state index in [1.165, 1.54) is 0 Å². The number of nitrogens with one attached hydrogen (secondary N) is 1. The molecular weight excluding hydrogens is 282 g/mol. The largest absolute Gasteiger partial charge is 0.339 e. The Morgan fingerprint density at radius 1 is 0.696 bits per heavy atom. The van der Waals surface area contributed by atoms with Crippen molar-refractivity contribution in [2.24, 2.45) is 0 Å². The highest BCUT2D eigenvalue weighted by molar-refractivity contribution is 6.05. The van der Waals surface area contributed by atoms with Crippen molar-refractivity contribution in [2.75, 3.05) is 0 Å². The van der Waals surface area contributed by atoms with E-state index in [-0.39, 0.29) is 0 Å². The van der Waals surface area contributed by atoms with Gasteiger partial charge in [-0.2, -0.15) is 0 Å². The molecule has 1 aromatic carbocycles. The lowest BCUT2D eigenvalue weighted by atomic mass is 10.1. The summed E-state index contributed by atoms with van der Waals surface area (Å²) < 4.78 is 0. The number of pyridine rings is 2. The van der Waals surface area contributed by atoms with Gasteiger partial charge < -0.3 is 4.98 Å². The number of hydrogen-bond donors (Lipinski definition) is 1. The van der Waals surface area contributed by atoms with Gasteiger partial charge in [0.1, 0.15) is 5.65 Å². The molecule has 3 aromatic heterocycles. The summed E-state index contributed by atoms with van der Waals surface area (Å²) in [6.45, 7) is 0. The maximum absolute atomic E-state index is 4.78. The van der Waals surface area contributed by atoms with Crippen LogP contribution in [-0.2, 0) is 0 Å². The smallest absolute Gasteiger partial charge is 0.139 e. The number of aromatic nitrogens is 3. The summed E-state index contributed by atoms with van der Waals surface area (Å²) >= 11 is 0. The van der Waals surface area contributed by atoms with Crippen LogP contribution in [-0.4, -0.2) is 15.0 Å². The van der Waals surface area contributed by atoms with E-state index in [0.29, 0.717) is 0 Å². The Bertz CT molecular complexity index is 1010. The minimum Gasteiger partial charge on any atom is -0.339 e. The van der Waals surface area contributed by atoms with Gasteiger partial charge in [-0.3, -0.25) is 4.98 Å². The summed E-state index contributed by atoms with van der Waals surface area (Å²) in [5, 5.41) is 2.20. The Labute approximate surface area is 134 Å². The molecule has 1 N–H and O–H groups in total. The molecule has 0 saturated heterocycles. The van der Waals surface area contributed by atoms with Gasteiger partial charge in [0, 0.05) is 28.7 Å². The van der Waals surface area contributed by atoms with Crippen LogP contribution in [0.4, 0.5) is 0 Å². The fourth-order valence-electron chi connectivity index (χ4n) is 2.64. The second kappa shape index (κ2) is 5.89. The van der Waals surface area contributed by atoms with E-state index in [1.54, 1.807) is 6.20 Å². The van der Waals surface area contributed by atoms with Gasteiger partial charge in [0.05, 0.1) is 11.2 Å². The molecule has 0 aliphatic heterocycles. The van der Waals surface area contributed by atoms with Gasteiger partial charge in [0.15, 0.2) is 0 Å². The van der Waals surface area contributed by atoms with Crippen molar-refractivity contribution in [3.8, 4) is 11.3 Å². The first-order valence-electron chi connectivity index (χ1n) is 7.53. The molecule has 0 saturated carbocycles. The summed E-state index contributed by atoms with van der Waals surface area (Å²) in [7, 11) is 0. The first-order valence-corrected chi connectivity index (χ1v) is 7.53. The van der Waals surface area contributed by atoms with E-state index < -0.39 is 0 Å². The Balaban J connectivity index is 1.91. The van der Waals surface area contributed by atoms with Crippen molar-refractivity contribution in [3.63, 3.8) is 0 Å². The van der Waals surface area contributed by atoms with Gasteiger partial charge in [-0.15, -0.1) is 0 Å². The quantitative estimate of drug-likeness (QED) is 0.543. The molecule has 110 valence electrons. The molecule has 0 fully saturated rings. The Morgan fingerprint density at radius 2 is 1.43 bits per heavy atom. The molecule has 4 rings (SSSR count). The third kappa shape index (κ3) is 2.64. The normalized spacial score (nSPS) is 10.6. The van der Waals surface area contributed by atoms with Crippen LogP contribution in [0.1, 0.15) is 0 Å². The van der Waals surface area contributed by atoms with Crippen molar-refractivity contribution in [1.29, 1.82) is 0 Å². The van der Waals surface area contributed by atoms with Crippen LogP contribution in [0.5, 0.6) is 0 Å². The van der Waals surface area contributed by atoms with E-state index in [0.717, 1.165) is 33.2 Å². The van der Waals surface area contributed by atoms with Crippen LogP contribution < -0.4 is 0 Å². The maximum atomic E-state index is 4.78. The summed E-state index contributed by atoms with van der Waals surface area (Å²) in [5.41, 5.74) is 3.95. The Hall–Kier alpha value is -3.20. The average molecular weight is 297 g/mol. The van der Waals surface area contributed by atoms with E-state index >= 15 is 0 Å². The minimum atomic E-state index is 0.885. The predicted octanol–water partition coefficient (Wildman–Crippen LogP) is 4.90. The number of aromatic amines is 1. The molecular formula is C20H15N3. The monoisotopic (exact) mass is 297 g/mol. The van der Waals surface area contributed by atoms with Gasteiger partial charge in [-0.05, 0) is 18.2 Å². The van der Waals surface area contributed by atoms with Gasteiger partial charge in [0.25, 0.3) is 0 Å². The molecule has 0 atom stereocenters. The topological polar surface area (TPSA) is 41.6 Å². The van der Waals surface area contributed by atoms with E-state index in [4.69, 9.17) is 4.98 Å². The summed E-state index contributed by atoms with van der Waals surface area (Å²) in [6, 6.07) is 24.3. The lowest BCUT2D eigenvalue weighted by molar-refractivity contribution is 1.33. The molecule has 3 heterocycles. The molecule has 0 aliphatic rings. The van der Waals surface area contributed by atoms with Crippen LogP contribution in [0.15, 0.2) is 85.2 Å². The van der Waals surface area contributed by atoms with Gasteiger partial charge in [0.2, 0.25) is 0 Å². The fraction of sp³-hybridized carbons (Fsp3) is 0. The third-order valence-electron chi connectivity index (χ3n) is 3.77. The van der Waals surface area contributed by atoms with Crippen LogP contribution in [0.2, 0.25) is 0 Å². The number of nitrogens with zero attached hydrogens (tertiary/aromatic N) is 2. The van der Waals surface area contributed by atoms with Crippen molar-refractivity contribution >= 4 is 21.9 Å². The van der Waals surface area contributed by atoms with Crippen LogP contribution in [0.25, 0.3) is 33.2 Å². The molecule has 0 aliphatic carbocycles. The van der Waals surface area contributed by atoms with Crippen molar-refractivity contribution < 1.29 is 0 Å². The lowest BCUT2D eigenvalue weighted by Crippen LogP contribution is -1.83. The lowest BCUT2D eigenvalue weighted by Gasteiger charge is -1.99. The van der Waals surface area contributed by atoms with Crippen molar-refractivity contribution in [2.45, 2.75) is 0 Å². The molecule has 0 spiro atoms. The average Bonchev–Trinajstić information content (AvgIpc) is 2.97. The standard InChI is InChI=1S/C20H15N3/c1-2-4-6-8-15(9-7-5-3-1)18-11-10-16-17-14-21-13-12-19(17)23-20(16)22-18/h1-14H,(H,22,23). The van der Waals surface area contributed by atoms with Gasteiger partial charge in [-0.1, -0.05) is 54.6 Å². The molecule has 0 bridgehead atoms. The molecule has 4 aromatic rings. The first kappa shape index (κ1) is 13.5. The van der Waals surface area contributed by atoms with Crippen LogP contribution in [0.3, 0.4) is 0 Å². The third-order valence-corrected chi connectivity index (χ3v) is 3.77. The number of fused-ring (bicyclic) bond motifs is 3. The summed E-state index contributed by atoms with van der Waals surface area (Å²) in [4.78, 5) is 12.3. The Kier molecular flexibility index (Phi) is 3.45. The number of hydrogen-bond acceptors (Lipinski definition) is 2. The zero-order valence-electron chi connectivity index (χ0n) is 12.5. The highest BCUT2D eigenvalue weighted by atomic mass is 14.9. The Morgan fingerprint density at radius 3 is 2.22 bits per heavy atom. The molecule has 0 amide bonds. The van der Waals surface area contributed by atoms with Crippen molar-refractivity contribution in [1.82, 2.24) is 15.0 Å². The van der Waals surface area contributed by atoms with E-state index in [1.807, 2.05) is 54.7 Å². The minimum absolute atomic E-state index is 0.885. The van der Waals surface area contributed by atoms with E-state index in [9.17, 15) is 0 Å². The zero-order valence-corrected chi connectivity index (χ0v) is 12.5. The zero-order chi connectivity index (χ0) is 15.5. The highest BCUT2D eigenvalue weighted by Gasteiger charge is 2.06. The highest BCUT2D eigenvalue weighted by Crippen LogP contribution is 2.25. The molecule has 3 nitrogen and oxygen atoms in total. The first-order chi connectivity index (χ1) is 11.4. The van der Waals surface area contributed by atoms with Crippen LogP contribution >= 0.6 is 0 Å². The SMILES string of the molecule is c1ccccc(-c2ccc3c(n2)[nH]c2ccncc23)cccc1. The number of rotatable bonds is 1. The summed E-state index contributed by atoms with van der Waals surface area (Å²) in [5.74, 6) is 0. The number of H-pyrrole nitrogens is 1. The van der Waals surface area contributed by atoms with Crippen molar-refractivity contribution in [3.05, 3.63) is 85.2 Å². The second-order valence-electron chi connectivity index (χ2n) is 5.27. The maximum Gasteiger partial charge on any atom is 0.139 e. The molecule has 23 heavy (non-hydrogen) atoms. The van der Waals surface area contributed by atoms with Crippen LogP contribution in [0, 0.1) is 0 Å². The van der Waals surface area contributed by atoms with E-state index in [2.05, 4.69) is 34.2 Å². The van der Waals surface area contributed by atoms with Gasteiger partial charge in [-0.25, -0.2) is 4.98 Å². The summed E-state index contributed by atoms with van der Waals surface area (Å²) in [6.07, 6.45) is 3.66. The molecule has 0 unspecified atom stereocenters. The molecule has 3 heteroatoms. The second-order valence-corrected chi connectivity index (χ2v) is 5.27. The predicted molar refractivity (Wildman–Crippen MR) is 94.5 cm³/mol. The molecule has 0 radical (unpaired) electrons.